The fourth-order valence-electron chi connectivity index (χ4n) is 2.69. The van der Waals surface area contributed by atoms with Crippen LogP contribution in [0.5, 0.6) is 0 Å². The SMILES string of the molecule is Cc1cc(C)cc(NC(=O)[C@H](Sc2ccccn2)c2ccccc2)c1. The number of pyridine rings is 1. The van der Waals surface area contributed by atoms with E-state index in [-0.39, 0.29) is 11.2 Å². The maximum absolute atomic E-state index is 13.0. The average molecular weight is 348 g/mol. The summed E-state index contributed by atoms with van der Waals surface area (Å²) >= 11 is 1.45. The van der Waals surface area contributed by atoms with Crippen LogP contribution in [0.2, 0.25) is 0 Å². The molecule has 0 saturated carbocycles. The lowest BCUT2D eigenvalue weighted by Gasteiger charge is -2.17. The minimum absolute atomic E-state index is 0.0492. The van der Waals surface area contributed by atoms with Crippen molar-refractivity contribution in [2.75, 3.05) is 5.32 Å². The van der Waals surface area contributed by atoms with Gasteiger partial charge in [-0.15, -0.1) is 0 Å². The summed E-state index contributed by atoms with van der Waals surface area (Å²) in [5, 5.41) is 3.52. The summed E-state index contributed by atoms with van der Waals surface area (Å²) in [6, 6.07) is 21.6. The predicted molar refractivity (Wildman–Crippen MR) is 104 cm³/mol. The maximum atomic E-state index is 13.0. The van der Waals surface area contributed by atoms with Crippen molar-refractivity contribution < 1.29 is 4.79 Å². The number of rotatable bonds is 5. The number of aryl methyl sites for hydroxylation is 2. The number of thioether (sulfide) groups is 1. The van der Waals surface area contributed by atoms with Crippen LogP contribution in [0.4, 0.5) is 5.69 Å². The number of amides is 1. The zero-order chi connectivity index (χ0) is 17.6. The Bertz CT molecular complexity index is 830. The Kier molecular flexibility index (Phi) is 5.51. The number of hydrogen-bond donors (Lipinski definition) is 1. The van der Waals surface area contributed by atoms with E-state index in [1.54, 1.807) is 6.20 Å². The quantitative estimate of drug-likeness (QED) is 0.647. The van der Waals surface area contributed by atoms with Gasteiger partial charge in [-0.2, -0.15) is 0 Å². The van der Waals surface area contributed by atoms with Crippen LogP contribution in [0.15, 0.2) is 78.0 Å². The van der Waals surface area contributed by atoms with Crippen LogP contribution < -0.4 is 5.32 Å². The first-order chi connectivity index (χ1) is 12.1. The molecule has 0 bridgehead atoms. The summed E-state index contributed by atoms with van der Waals surface area (Å²) in [6.45, 7) is 4.06. The van der Waals surface area contributed by atoms with E-state index in [1.807, 2.05) is 74.5 Å². The molecule has 0 unspecified atom stereocenters. The summed E-state index contributed by atoms with van der Waals surface area (Å²) in [6.07, 6.45) is 1.74. The summed E-state index contributed by atoms with van der Waals surface area (Å²) in [7, 11) is 0. The number of hydrogen-bond acceptors (Lipinski definition) is 3. The monoisotopic (exact) mass is 348 g/mol. The van der Waals surface area contributed by atoms with Crippen molar-refractivity contribution in [3.63, 3.8) is 0 Å². The van der Waals surface area contributed by atoms with Crippen LogP contribution in [0.25, 0.3) is 0 Å². The van der Waals surface area contributed by atoms with E-state index in [0.29, 0.717) is 0 Å². The third-order valence-electron chi connectivity index (χ3n) is 3.71. The van der Waals surface area contributed by atoms with Gasteiger partial charge in [-0.1, -0.05) is 54.2 Å². The molecule has 0 aliphatic carbocycles. The van der Waals surface area contributed by atoms with Crippen molar-refractivity contribution in [1.82, 2.24) is 4.98 Å². The van der Waals surface area contributed by atoms with E-state index in [4.69, 9.17) is 0 Å². The molecular formula is C21H20N2OS. The van der Waals surface area contributed by atoms with Crippen molar-refractivity contribution in [3.8, 4) is 0 Å². The van der Waals surface area contributed by atoms with Crippen molar-refractivity contribution in [2.45, 2.75) is 24.1 Å². The average Bonchev–Trinajstić information content (AvgIpc) is 2.60. The number of benzene rings is 2. The van der Waals surface area contributed by atoms with Gasteiger partial charge in [0.15, 0.2) is 0 Å². The lowest BCUT2D eigenvalue weighted by Crippen LogP contribution is -2.19. The summed E-state index contributed by atoms with van der Waals surface area (Å²) < 4.78 is 0. The molecular weight excluding hydrogens is 328 g/mol. The Morgan fingerprint density at radius 1 is 0.960 bits per heavy atom. The molecule has 3 aromatic rings. The molecule has 4 heteroatoms. The lowest BCUT2D eigenvalue weighted by atomic mass is 10.1. The highest BCUT2D eigenvalue weighted by atomic mass is 32.2. The number of aromatic nitrogens is 1. The first-order valence-corrected chi connectivity index (χ1v) is 9.01. The van der Waals surface area contributed by atoms with Crippen molar-refractivity contribution >= 4 is 23.4 Å². The molecule has 0 saturated heterocycles. The van der Waals surface area contributed by atoms with E-state index in [1.165, 1.54) is 11.8 Å². The van der Waals surface area contributed by atoms with Crippen molar-refractivity contribution in [2.24, 2.45) is 0 Å². The van der Waals surface area contributed by atoms with Crippen molar-refractivity contribution in [3.05, 3.63) is 89.6 Å². The summed E-state index contributed by atoms with van der Waals surface area (Å²) in [5.41, 5.74) is 4.04. The van der Waals surface area contributed by atoms with E-state index >= 15 is 0 Å². The van der Waals surface area contributed by atoms with Gasteiger partial charge in [0.2, 0.25) is 5.91 Å². The number of anilines is 1. The smallest absolute Gasteiger partial charge is 0.242 e. The fraction of sp³-hybridized carbons (Fsp3) is 0.143. The Labute approximate surface area is 152 Å². The van der Waals surface area contributed by atoms with Crippen LogP contribution in [0.3, 0.4) is 0 Å². The van der Waals surface area contributed by atoms with E-state index in [2.05, 4.69) is 16.4 Å². The third-order valence-corrected chi connectivity index (χ3v) is 4.91. The van der Waals surface area contributed by atoms with E-state index in [0.717, 1.165) is 27.4 Å². The first-order valence-electron chi connectivity index (χ1n) is 8.13. The highest BCUT2D eigenvalue weighted by Gasteiger charge is 2.22. The molecule has 0 radical (unpaired) electrons. The second-order valence-corrected chi connectivity index (χ2v) is 7.07. The van der Waals surface area contributed by atoms with Crippen LogP contribution >= 0.6 is 11.8 Å². The molecule has 0 aliphatic rings. The largest absolute Gasteiger partial charge is 0.325 e. The van der Waals surface area contributed by atoms with Crippen LogP contribution in [0.1, 0.15) is 21.9 Å². The van der Waals surface area contributed by atoms with Gasteiger partial charge >= 0.3 is 0 Å². The normalized spacial score (nSPS) is 11.8. The fourth-order valence-corrected chi connectivity index (χ4v) is 3.67. The topological polar surface area (TPSA) is 42.0 Å². The highest BCUT2D eigenvalue weighted by molar-refractivity contribution is 8.00. The standard InChI is InChI=1S/C21H20N2OS/c1-15-12-16(2)14-18(13-15)23-21(24)20(17-8-4-3-5-9-17)25-19-10-6-7-11-22-19/h3-14,20H,1-2H3,(H,23,24)/t20-/m1/s1. The van der Waals surface area contributed by atoms with Gasteiger partial charge in [0.25, 0.3) is 0 Å². The molecule has 2 aromatic carbocycles. The van der Waals surface area contributed by atoms with Crippen LogP contribution in [0, 0.1) is 13.8 Å². The molecule has 1 N–H and O–H groups in total. The molecule has 25 heavy (non-hydrogen) atoms. The molecule has 0 aliphatic heterocycles. The number of carbonyl (C=O) groups is 1. The molecule has 1 aromatic heterocycles. The highest BCUT2D eigenvalue weighted by Crippen LogP contribution is 2.35. The van der Waals surface area contributed by atoms with Gasteiger partial charge in [-0.3, -0.25) is 4.79 Å². The van der Waals surface area contributed by atoms with Gasteiger partial charge in [0.1, 0.15) is 5.25 Å². The second kappa shape index (κ2) is 7.99. The molecule has 3 rings (SSSR count). The number of nitrogens with zero attached hydrogens (tertiary/aromatic N) is 1. The van der Waals surface area contributed by atoms with Gasteiger partial charge in [-0.25, -0.2) is 4.98 Å². The van der Waals surface area contributed by atoms with E-state index < -0.39 is 0 Å². The summed E-state index contributed by atoms with van der Waals surface area (Å²) in [4.78, 5) is 17.3. The second-order valence-electron chi connectivity index (χ2n) is 5.94. The van der Waals surface area contributed by atoms with Gasteiger partial charge in [0, 0.05) is 11.9 Å². The third kappa shape index (κ3) is 4.70. The molecule has 0 spiro atoms. The molecule has 3 nitrogen and oxygen atoms in total. The van der Waals surface area contributed by atoms with Gasteiger partial charge in [0.05, 0.1) is 5.03 Å². The zero-order valence-electron chi connectivity index (χ0n) is 14.3. The number of nitrogens with one attached hydrogen (secondary N) is 1. The van der Waals surface area contributed by atoms with Crippen LogP contribution in [-0.2, 0) is 4.79 Å². The Morgan fingerprint density at radius 2 is 1.64 bits per heavy atom. The summed E-state index contributed by atoms with van der Waals surface area (Å²) in [5.74, 6) is -0.0492. The lowest BCUT2D eigenvalue weighted by molar-refractivity contribution is -0.115. The first kappa shape index (κ1) is 17.2. The maximum Gasteiger partial charge on any atom is 0.242 e. The predicted octanol–water partition coefficient (Wildman–Crippen LogP) is 5.17. The Hall–Kier alpha value is -2.59. The molecule has 1 atom stereocenters. The van der Waals surface area contributed by atoms with Crippen LogP contribution in [-0.4, -0.2) is 10.9 Å². The molecule has 0 fully saturated rings. The molecule has 126 valence electrons. The van der Waals surface area contributed by atoms with Crippen molar-refractivity contribution in [1.29, 1.82) is 0 Å². The number of carbonyl (C=O) groups excluding carboxylic acids is 1. The molecule has 1 amide bonds. The zero-order valence-corrected chi connectivity index (χ0v) is 15.1. The molecule has 1 heterocycles. The van der Waals surface area contributed by atoms with Gasteiger partial charge in [-0.05, 0) is 54.8 Å². The Morgan fingerprint density at radius 3 is 2.28 bits per heavy atom. The minimum Gasteiger partial charge on any atom is -0.325 e. The Balaban J connectivity index is 1.86. The minimum atomic E-state index is -0.364. The van der Waals surface area contributed by atoms with E-state index in [9.17, 15) is 4.79 Å². The van der Waals surface area contributed by atoms with Gasteiger partial charge < -0.3 is 5.32 Å².